The number of carbonyl (C=O) groups is 3. The highest BCUT2D eigenvalue weighted by molar-refractivity contribution is 7.14. The highest BCUT2D eigenvalue weighted by atomic mass is 32.1. The molecule has 0 aliphatic rings. The van der Waals surface area contributed by atoms with Crippen LogP contribution in [0.25, 0.3) is 0 Å². The molecule has 0 radical (unpaired) electrons. The van der Waals surface area contributed by atoms with Gasteiger partial charge in [0.2, 0.25) is 5.91 Å². The van der Waals surface area contributed by atoms with Crippen molar-refractivity contribution in [3.8, 4) is 11.5 Å². The van der Waals surface area contributed by atoms with Gasteiger partial charge in [-0.2, -0.15) is 0 Å². The second-order valence-corrected chi connectivity index (χ2v) is 7.89. The molecular formula is C24H25N3O6S. The summed E-state index contributed by atoms with van der Waals surface area (Å²) in [4.78, 5) is 41.9. The summed E-state index contributed by atoms with van der Waals surface area (Å²) in [5.74, 6) is 0.128. The fraction of sp³-hybridized carbons (Fsp3) is 0.250. The lowest BCUT2D eigenvalue weighted by molar-refractivity contribution is -0.118. The Morgan fingerprint density at radius 1 is 1.09 bits per heavy atom. The summed E-state index contributed by atoms with van der Waals surface area (Å²) >= 11 is 1.32. The summed E-state index contributed by atoms with van der Waals surface area (Å²) in [6.07, 6.45) is 0. The predicted molar refractivity (Wildman–Crippen MR) is 128 cm³/mol. The molecule has 1 heterocycles. The number of nitrogens with zero attached hydrogens (tertiary/aromatic N) is 2. The topological polar surface area (TPSA) is 107 Å². The van der Waals surface area contributed by atoms with Gasteiger partial charge in [0.1, 0.15) is 18.1 Å². The van der Waals surface area contributed by atoms with Gasteiger partial charge >= 0.3 is 5.97 Å². The molecule has 1 aromatic heterocycles. The van der Waals surface area contributed by atoms with Crippen LogP contribution in [0, 0.1) is 0 Å². The second kappa shape index (κ2) is 11.8. The summed E-state index contributed by atoms with van der Waals surface area (Å²) in [6.45, 7) is 3.66. The maximum atomic E-state index is 12.3. The quantitative estimate of drug-likeness (QED) is 0.436. The molecule has 3 aromatic rings. The number of methoxy groups -OCH3 is 1. The molecule has 3 rings (SSSR count). The van der Waals surface area contributed by atoms with Gasteiger partial charge in [-0.15, -0.1) is 11.3 Å². The molecule has 0 saturated carbocycles. The number of carbonyl (C=O) groups excluding carboxylic acids is 3. The van der Waals surface area contributed by atoms with E-state index in [1.807, 2.05) is 6.92 Å². The second-order valence-electron chi connectivity index (χ2n) is 7.05. The normalized spacial score (nSPS) is 10.3. The average Bonchev–Trinajstić information content (AvgIpc) is 3.30. The number of anilines is 2. The molecule has 34 heavy (non-hydrogen) atoms. The number of aromatic nitrogens is 1. The number of rotatable bonds is 10. The molecule has 0 bridgehead atoms. The van der Waals surface area contributed by atoms with Crippen molar-refractivity contribution in [1.82, 2.24) is 4.98 Å². The number of hydrogen-bond acceptors (Lipinski definition) is 8. The first kappa shape index (κ1) is 24.7. The van der Waals surface area contributed by atoms with Crippen LogP contribution in [0.5, 0.6) is 11.5 Å². The van der Waals surface area contributed by atoms with Gasteiger partial charge in [0.25, 0.3) is 5.91 Å². The van der Waals surface area contributed by atoms with Crippen molar-refractivity contribution in [3.63, 3.8) is 0 Å². The van der Waals surface area contributed by atoms with Crippen LogP contribution in [0.3, 0.4) is 0 Å². The standard InChI is InChI=1S/C24H25N3O6S/c1-4-27(16(2)28)24-26-19(15-34-24)13-33-23(30)17-8-10-20(11-9-17)32-14-22(29)25-18-6-5-7-21(12-18)31-3/h5-12,15H,4,13-14H2,1-3H3,(H,25,29). The number of ether oxygens (including phenoxy) is 3. The fourth-order valence-corrected chi connectivity index (χ4v) is 3.85. The molecule has 2 amide bonds. The van der Waals surface area contributed by atoms with E-state index < -0.39 is 5.97 Å². The Labute approximate surface area is 201 Å². The highest BCUT2D eigenvalue weighted by Gasteiger charge is 2.15. The van der Waals surface area contributed by atoms with Crippen LogP contribution in [0.1, 0.15) is 29.9 Å². The molecule has 2 aromatic carbocycles. The smallest absolute Gasteiger partial charge is 0.338 e. The molecule has 0 spiro atoms. The van der Waals surface area contributed by atoms with E-state index >= 15 is 0 Å². The maximum absolute atomic E-state index is 12.3. The molecule has 178 valence electrons. The van der Waals surface area contributed by atoms with E-state index in [1.165, 1.54) is 18.3 Å². The largest absolute Gasteiger partial charge is 0.497 e. The Morgan fingerprint density at radius 2 is 1.85 bits per heavy atom. The monoisotopic (exact) mass is 483 g/mol. The first-order valence-corrected chi connectivity index (χ1v) is 11.3. The van der Waals surface area contributed by atoms with Gasteiger partial charge in [-0.3, -0.25) is 14.5 Å². The summed E-state index contributed by atoms with van der Waals surface area (Å²) in [7, 11) is 1.55. The molecule has 10 heteroatoms. The summed E-state index contributed by atoms with van der Waals surface area (Å²) in [6, 6.07) is 13.3. The Balaban J connectivity index is 1.47. The summed E-state index contributed by atoms with van der Waals surface area (Å²) in [5.41, 5.74) is 1.50. The SMILES string of the molecule is CCN(C(C)=O)c1nc(COC(=O)c2ccc(OCC(=O)Nc3cccc(OC)c3)cc2)cs1. The van der Waals surface area contributed by atoms with Crippen LogP contribution < -0.4 is 19.7 Å². The number of hydrogen-bond donors (Lipinski definition) is 1. The van der Waals surface area contributed by atoms with E-state index in [9.17, 15) is 14.4 Å². The minimum atomic E-state index is -0.518. The lowest BCUT2D eigenvalue weighted by Crippen LogP contribution is -2.27. The van der Waals surface area contributed by atoms with E-state index in [1.54, 1.807) is 65.9 Å². The number of thiazole rings is 1. The van der Waals surface area contributed by atoms with Gasteiger partial charge in [-0.05, 0) is 43.3 Å². The average molecular weight is 484 g/mol. The van der Waals surface area contributed by atoms with Crippen LogP contribution in [0.2, 0.25) is 0 Å². The first-order chi connectivity index (χ1) is 16.4. The maximum Gasteiger partial charge on any atom is 0.338 e. The minimum absolute atomic E-state index is 0.00646. The van der Waals surface area contributed by atoms with E-state index in [0.29, 0.717) is 40.1 Å². The van der Waals surface area contributed by atoms with Crippen molar-refractivity contribution in [2.24, 2.45) is 0 Å². The van der Waals surface area contributed by atoms with Crippen molar-refractivity contribution in [2.75, 3.05) is 30.5 Å². The minimum Gasteiger partial charge on any atom is -0.497 e. The lowest BCUT2D eigenvalue weighted by atomic mass is 10.2. The third-order valence-corrected chi connectivity index (χ3v) is 5.54. The van der Waals surface area contributed by atoms with E-state index in [2.05, 4.69) is 10.3 Å². The van der Waals surface area contributed by atoms with E-state index in [0.717, 1.165) is 0 Å². The molecule has 0 fully saturated rings. The predicted octanol–water partition coefficient (Wildman–Crippen LogP) is 3.90. The number of benzene rings is 2. The Morgan fingerprint density at radius 3 is 2.53 bits per heavy atom. The molecule has 0 saturated heterocycles. The zero-order valence-electron chi connectivity index (χ0n) is 19.1. The number of amides is 2. The Bertz CT molecular complexity index is 1150. The molecule has 0 unspecified atom stereocenters. The van der Waals surface area contributed by atoms with Crippen molar-refractivity contribution in [3.05, 3.63) is 65.2 Å². The first-order valence-electron chi connectivity index (χ1n) is 10.5. The Hall–Kier alpha value is -3.92. The molecule has 9 nitrogen and oxygen atoms in total. The van der Waals surface area contributed by atoms with Crippen molar-refractivity contribution in [1.29, 1.82) is 0 Å². The van der Waals surface area contributed by atoms with Crippen molar-refractivity contribution in [2.45, 2.75) is 20.5 Å². The van der Waals surface area contributed by atoms with Crippen molar-refractivity contribution >= 4 is 39.9 Å². The van der Waals surface area contributed by atoms with Gasteiger partial charge in [0.05, 0.1) is 18.4 Å². The van der Waals surface area contributed by atoms with E-state index in [-0.39, 0.29) is 25.0 Å². The van der Waals surface area contributed by atoms with Crippen molar-refractivity contribution < 1.29 is 28.6 Å². The zero-order chi connectivity index (χ0) is 24.5. The molecule has 0 atom stereocenters. The molecule has 1 N–H and O–H groups in total. The van der Waals surface area contributed by atoms with Gasteiger partial charge in [-0.25, -0.2) is 9.78 Å². The molecule has 0 aliphatic carbocycles. The van der Waals surface area contributed by atoms with Crippen LogP contribution in [-0.4, -0.2) is 43.0 Å². The van der Waals surface area contributed by atoms with E-state index in [4.69, 9.17) is 14.2 Å². The van der Waals surface area contributed by atoms with Gasteiger partial charge < -0.3 is 19.5 Å². The third-order valence-electron chi connectivity index (χ3n) is 4.63. The Kier molecular flexibility index (Phi) is 8.58. The van der Waals surface area contributed by atoms with Crippen LogP contribution in [0.15, 0.2) is 53.9 Å². The molecule has 0 aliphatic heterocycles. The summed E-state index contributed by atoms with van der Waals surface area (Å²) in [5, 5.41) is 5.04. The van der Waals surface area contributed by atoms with Gasteiger partial charge in [0.15, 0.2) is 11.7 Å². The van der Waals surface area contributed by atoms with Crippen LogP contribution >= 0.6 is 11.3 Å². The zero-order valence-corrected chi connectivity index (χ0v) is 19.9. The number of nitrogens with one attached hydrogen (secondary N) is 1. The molecular weight excluding hydrogens is 458 g/mol. The van der Waals surface area contributed by atoms with Crippen LogP contribution in [0.4, 0.5) is 10.8 Å². The summed E-state index contributed by atoms with van der Waals surface area (Å²) < 4.78 is 15.9. The van der Waals surface area contributed by atoms with Gasteiger partial charge in [0, 0.05) is 30.6 Å². The number of esters is 1. The van der Waals surface area contributed by atoms with Crippen LogP contribution in [-0.2, 0) is 20.9 Å². The lowest BCUT2D eigenvalue weighted by Gasteiger charge is -2.14. The van der Waals surface area contributed by atoms with Gasteiger partial charge in [-0.1, -0.05) is 6.07 Å². The highest BCUT2D eigenvalue weighted by Crippen LogP contribution is 2.22. The fourth-order valence-electron chi connectivity index (χ4n) is 2.94. The third kappa shape index (κ3) is 6.79.